The number of phenols is 2. The monoisotopic (exact) mass is 1090 g/mol. The van der Waals surface area contributed by atoms with Crippen LogP contribution in [0.15, 0.2) is 78.9 Å². The van der Waals surface area contributed by atoms with E-state index in [0.29, 0.717) is 22.3 Å². The van der Waals surface area contributed by atoms with Gasteiger partial charge in [0.15, 0.2) is 10.7 Å². The summed E-state index contributed by atoms with van der Waals surface area (Å²) in [5.41, 5.74) is 11.0. The normalized spacial score (nSPS) is 14.4. The third-order valence-corrected chi connectivity index (χ3v) is 12.3. The quantitative estimate of drug-likeness (QED) is 0.0253. The van der Waals surface area contributed by atoms with Crippen LogP contribution in [-0.4, -0.2) is 121 Å². The smallest absolute Gasteiger partial charge is 0.508 e. The number of benzene rings is 4. The molecule has 76 heavy (non-hydrogen) atoms. The fraction of sp³-hybridized carbons (Fsp3) is 0.312. The number of aromatic hydroxyl groups is 2. The second-order valence-corrected chi connectivity index (χ2v) is 19.4. The van der Waals surface area contributed by atoms with Crippen molar-refractivity contribution in [1.82, 2.24) is 31.9 Å². The van der Waals surface area contributed by atoms with Crippen molar-refractivity contribution in [3.63, 3.8) is 0 Å². The first-order valence-corrected chi connectivity index (χ1v) is 25.1. The Morgan fingerprint density at radius 2 is 1.29 bits per heavy atom. The molecule has 2 aliphatic rings. The van der Waals surface area contributed by atoms with Gasteiger partial charge in [-0.25, -0.2) is 9.36 Å². The molecule has 28 heteroatoms. The number of rotatable bonds is 23. The largest absolute Gasteiger partial charge is 0.524 e. The Hall–Kier alpha value is -8.36. The Bertz CT molecular complexity index is 2940. The maximum atomic E-state index is 14.0. The van der Waals surface area contributed by atoms with Crippen molar-refractivity contribution in [3.05, 3.63) is 107 Å². The molecule has 2 aliphatic heterocycles. The van der Waals surface area contributed by atoms with Crippen LogP contribution in [0.4, 0.5) is 5.69 Å². The average molecular weight is 1090 g/mol. The van der Waals surface area contributed by atoms with Crippen molar-refractivity contribution in [3.8, 4) is 28.7 Å². The maximum absolute atomic E-state index is 14.0. The molecule has 4 aromatic carbocycles. The lowest BCUT2D eigenvalue weighted by molar-refractivity contribution is -0.134. The van der Waals surface area contributed by atoms with Crippen LogP contribution in [0.1, 0.15) is 65.7 Å². The third kappa shape index (κ3) is 14.5. The van der Waals surface area contributed by atoms with Gasteiger partial charge in [0.1, 0.15) is 52.9 Å². The molecule has 26 nitrogen and oxygen atoms in total. The molecule has 0 fully saturated rings. The minimum Gasteiger partial charge on any atom is -0.508 e. The number of fused-ring (bicyclic) bond motifs is 6. The van der Waals surface area contributed by atoms with E-state index in [0.717, 1.165) is 0 Å². The lowest BCUT2D eigenvalue weighted by Gasteiger charge is -2.36. The molecular formula is C48H54N9O17PS. The van der Waals surface area contributed by atoms with E-state index >= 15 is 0 Å². The zero-order chi connectivity index (χ0) is 55.6. The number of phosphoric acid groups is 1. The summed E-state index contributed by atoms with van der Waals surface area (Å²) >= 11 is 5.46. The zero-order valence-corrected chi connectivity index (χ0v) is 42.2. The number of amides is 7. The van der Waals surface area contributed by atoms with Crippen LogP contribution >= 0.6 is 20.0 Å². The van der Waals surface area contributed by atoms with Crippen LogP contribution in [0, 0.1) is 5.92 Å². The maximum Gasteiger partial charge on any atom is 0.524 e. The zero-order valence-electron chi connectivity index (χ0n) is 40.5. The fourth-order valence-electron chi connectivity index (χ4n) is 8.18. The van der Waals surface area contributed by atoms with Crippen molar-refractivity contribution < 1.29 is 82.0 Å². The van der Waals surface area contributed by atoms with Gasteiger partial charge >= 0.3 is 13.8 Å². The number of phenolic OH excluding ortho intramolecular Hbond substituents is 2. The van der Waals surface area contributed by atoms with Gasteiger partial charge in [0, 0.05) is 47.4 Å². The summed E-state index contributed by atoms with van der Waals surface area (Å²) in [6, 6.07) is 12.7. The molecular weight excluding hydrogens is 1040 g/mol. The first kappa shape index (κ1) is 56.9. The summed E-state index contributed by atoms with van der Waals surface area (Å²) in [5, 5.41) is 47.4. The Kier molecular flexibility index (Phi) is 18.2. The molecule has 2 heterocycles. The highest BCUT2D eigenvalue weighted by Crippen LogP contribution is 2.57. The van der Waals surface area contributed by atoms with E-state index in [-0.39, 0.29) is 70.3 Å². The predicted octanol–water partition coefficient (Wildman–Crippen LogP) is -0.489. The molecule has 4 atom stereocenters. The van der Waals surface area contributed by atoms with Crippen LogP contribution in [0.5, 0.6) is 28.7 Å². The van der Waals surface area contributed by atoms with Gasteiger partial charge < -0.3 is 78.0 Å². The highest BCUT2D eigenvalue weighted by atomic mass is 32.1. The number of nitrogens with one attached hydrogen (secondary N) is 7. The first-order chi connectivity index (χ1) is 35.8. The van der Waals surface area contributed by atoms with Gasteiger partial charge in [-0.1, -0.05) is 32.0 Å². The van der Waals surface area contributed by atoms with Gasteiger partial charge in [-0.3, -0.25) is 43.3 Å². The number of thiocarbonyl (C=S) groups is 1. The molecule has 0 aliphatic carbocycles. The highest BCUT2D eigenvalue weighted by Gasteiger charge is 2.54. The lowest BCUT2D eigenvalue weighted by atomic mass is 9.77. The summed E-state index contributed by atoms with van der Waals surface area (Å²) in [6.07, 6.45) is -1.04. The molecule has 0 unspecified atom stereocenters. The fourth-order valence-corrected chi connectivity index (χ4v) is 8.77. The van der Waals surface area contributed by atoms with Crippen LogP contribution < -0.4 is 57.9 Å². The van der Waals surface area contributed by atoms with Crippen molar-refractivity contribution in [2.45, 2.75) is 69.3 Å². The molecule has 0 saturated carbocycles. The number of nitrogens with two attached hydrogens (primary N) is 2. The number of anilines is 1. The summed E-state index contributed by atoms with van der Waals surface area (Å²) in [7, 11) is -4.94. The van der Waals surface area contributed by atoms with Crippen molar-refractivity contribution >= 4 is 78.2 Å². The van der Waals surface area contributed by atoms with E-state index in [9.17, 15) is 68.0 Å². The van der Waals surface area contributed by atoms with Crippen molar-refractivity contribution in [2.24, 2.45) is 17.4 Å². The summed E-state index contributed by atoms with van der Waals surface area (Å²) in [5.74, 6) is -7.37. The summed E-state index contributed by atoms with van der Waals surface area (Å²) in [6.45, 7) is 1.37. The molecule has 6 rings (SSSR count). The first-order valence-electron chi connectivity index (χ1n) is 23.1. The minimum absolute atomic E-state index is 0.0723. The number of aliphatic hydroxyl groups excluding tert-OH is 1. The minimum atomic E-state index is -4.94. The highest BCUT2D eigenvalue weighted by molar-refractivity contribution is 7.80. The Balaban J connectivity index is 1.14. The van der Waals surface area contributed by atoms with E-state index in [1.165, 1.54) is 54.6 Å². The molecule has 0 bridgehead atoms. The molecule has 0 saturated heterocycles. The molecule has 404 valence electrons. The number of primary amides is 2. The molecule has 7 amide bonds. The molecule has 0 radical (unpaired) electrons. The van der Waals surface area contributed by atoms with E-state index in [4.69, 9.17) is 33.2 Å². The number of carbonyl (C=O) groups excluding carboxylic acids is 8. The second kappa shape index (κ2) is 24.3. The Morgan fingerprint density at radius 3 is 1.86 bits per heavy atom. The van der Waals surface area contributed by atoms with Gasteiger partial charge in [0.05, 0.1) is 25.3 Å². The topological polar surface area (TPSA) is 419 Å². The number of carbonyl (C=O) groups is 8. The van der Waals surface area contributed by atoms with Crippen LogP contribution in [0.2, 0.25) is 0 Å². The predicted molar refractivity (Wildman–Crippen MR) is 270 cm³/mol. The summed E-state index contributed by atoms with van der Waals surface area (Å²) < 4.78 is 28.1. The van der Waals surface area contributed by atoms with Crippen LogP contribution in [0.25, 0.3) is 0 Å². The van der Waals surface area contributed by atoms with Crippen LogP contribution in [0.3, 0.4) is 0 Å². The SMILES string of the molecule is CC(C)C[C@H](NC(=O)CNC(=O)[C@H](CCC(N)=O)NC(=O)[C@H](Cc1ccc(OP(=O)(O)O)cc1)NC(=O)CNC(=S)Nc1ccc2c(c1)C(=O)OC21c2ccc(O)cc2Oc2cc(O)ccc21)C(=O)N[C@@H](CO)C(N)=O. The summed E-state index contributed by atoms with van der Waals surface area (Å²) in [4.78, 5) is 123. The standard InChI is InChI=1S/C48H54N9O17PS/c1-23(2)15-34(44(66)57-36(22-58)42(50)64)54-40(62)20-51-43(65)33(13-14-39(49)61)56-45(67)35(16-24-3-8-28(9-4-24)74-75(69,70)71)55-41(63)21-52-47(76)53-25-5-10-30-29(17-25)46(68)73-48(30)31-11-6-26(59)18-37(31)72-38-19-27(60)7-12-32(38)48/h3-12,17-19,23,33-36,58-60H,13-16,20-22H2,1-2H3,(H2,49,61)(H2,50,64)(H,51,65)(H,54,62)(H,55,63)(H,56,67)(H,57,66)(H2,52,53,76)(H2,69,70,71)/t33-,34-,35-,36-/m0/s1. The van der Waals surface area contributed by atoms with Gasteiger partial charge in [-0.15, -0.1) is 0 Å². The number of hydrogen-bond acceptors (Lipinski definition) is 16. The Labute approximate surface area is 437 Å². The number of ether oxygens (including phenoxy) is 2. The van der Waals surface area contributed by atoms with Crippen molar-refractivity contribution in [1.29, 1.82) is 0 Å². The van der Waals surface area contributed by atoms with E-state index in [1.54, 1.807) is 38.1 Å². The number of hydrogen-bond donors (Lipinski definition) is 14. The lowest BCUT2D eigenvalue weighted by Crippen LogP contribution is -2.57. The molecule has 0 aromatic heterocycles. The number of aliphatic hydroxyl groups is 1. The van der Waals surface area contributed by atoms with E-state index in [2.05, 4.69) is 41.7 Å². The van der Waals surface area contributed by atoms with Gasteiger partial charge in [-0.2, -0.15) is 0 Å². The van der Waals surface area contributed by atoms with E-state index < -0.39 is 111 Å². The van der Waals surface area contributed by atoms with Gasteiger partial charge in [0.2, 0.25) is 41.4 Å². The molecule has 4 aromatic rings. The second-order valence-electron chi connectivity index (χ2n) is 17.8. The van der Waals surface area contributed by atoms with Gasteiger partial charge in [0.25, 0.3) is 0 Å². The molecule has 1 spiro atoms. The van der Waals surface area contributed by atoms with Crippen LogP contribution in [-0.2, 0) is 54.9 Å². The Morgan fingerprint density at radius 1 is 0.724 bits per heavy atom. The molecule has 16 N–H and O–H groups in total. The number of phosphoric ester groups is 1. The van der Waals surface area contributed by atoms with E-state index in [1.807, 2.05) is 0 Å². The van der Waals surface area contributed by atoms with Crippen molar-refractivity contribution in [2.75, 3.05) is 25.0 Å². The van der Waals surface area contributed by atoms with Gasteiger partial charge in [-0.05, 0) is 85.1 Å². The number of esters is 1. The average Bonchev–Trinajstić information content (AvgIpc) is 3.62. The third-order valence-electron chi connectivity index (χ3n) is 11.6.